The van der Waals surface area contributed by atoms with E-state index in [1.807, 2.05) is 25.2 Å². The second-order valence-electron chi connectivity index (χ2n) is 5.83. The van der Waals surface area contributed by atoms with Gasteiger partial charge in [0.2, 0.25) is 12.7 Å². The Balaban J connectivity index is 0.00000192. The second kappa shape index (κ2) is 8.38. The minimum absolute atomic E-state index is 0. The zero-order valence-electron chi connectivity index (χ0n) is 13.3. The van der Waals surface area contributed by atoms with Gasteiger partial charge in [0.05, 0.1) is 6.54 Å². The average Bonchev–Trinajstić information content (AvgIpc) is 3.00. The Morgan fingerprint density at radius 1 is 1.35 bits per heavy atom. The molecule has 3 rings (SSSR count). The van der Waals surface area contributed by atoms with Crippen LogP contribution in [-0.4, -0.2) is 50.3 Å². The molecule has 23 heavy (non-hydrogen) atoms. The summed E-state index contributed by atoms with van der Waals surface area (Å²) in [5.41, 5.74) is 1.02. The summed E-state index contributed by atoms with van der Waals surface area (Å²) < 4.78 is 10.6. The van der Waals surface area contributed by atoms with Crippen LogP contribution in [0.1, 0.15) is 18.4 Å². The number of nitrogens with one attached hydrogen (secondary N) is 2. The molecule has 0 saturated carbocycles. The van der Waals surface area contributed by atoms with E-state index in [0.717, 1.165) is 36.6 Å². The normalized spacial score (nSPS) is 20.0. The number of likely N-dealkylation sites (tertiary alicyclic amines) is 1. The largest absolute Gasteiger partial charge is 0.454 e. The van der Waals surface area contributed by atoms with Crippen LogP contribution in [-0.2, 0) is 11.3 Å². The van der Waals surface area contributed by atoms with Crippen molar-refractivity contribution in [2.24, 2.45) is 0 Å². The molecule has 1 aromatic rings. The van der Waals surface area contributed by atoms with Crippen molar-refractivity contribution in [2.75, 3.05) is 33.5 Å². The average molecular weight is 342 g/mol. The van der Waals surface area contributed by atoms with Gasteiger partial charge in [0, 0.05) is 19.1 Å². The van der Waals surface area contributed by atoms with E-state index in [0.29, 0.717) is 19.1 Å². The van der Waals surface area contributed by atoms with E-state index < -0.39 is 0 Å². The van der Waals surface area contributed by atoms with E-state index in [1.165, 1.54) is 6.42 Å². The molecule has 2 aliphatic rings. The van der Waals surface area contributed by atoms with Crippen LogP contribution in [0.25, 0.3) is 0 Å². The van der Waals surface area contributed by atoms with Gasteiger partial charge in [-0.05, 0) is 44.1 Å². The Hall–Kier alpha value is -1.50. The predicted molar refractivity (Wildman–Crippen MR) is 90.2 cm³/mol. The van der Waals surface area contributed by atoms with Crippen LogP contribution < -0.4 is 20.1 Å². The third kappa shape index (κ3) is 4.73. The van der Waals surface area contributed by atoms with E-state index in [2.05, 4.69) is 15.5 Å². The maximum atomic E-state index is 12.1. The fourth-order valence-electron chi connectivity index (χ4n) is 2.95. The summed E-state index contributed by atoms with van der Waals surface area (Å²) in [5, 5.41) is 6.26. The van der Waals surface area contributed by atoms with Gasteiger partial charge in [-0.25, -0.2) is 0 Å². The molecule has 128 valence electrons. The number of benzene rings is 1. The highest BCUT2D eigenvalue weighted by molar-refractivity contribution is 5.85. The molecule has 2 heterocycles. The molecule has 1 atom stereocenters. The van der Waals surface area contributed by atoms with Gasteiger partial charge >= 0.3 is 0 Å². The minimum Gasteiger partial charge on any atom is -0.454 e. The van der Waals surface area contributed by atoms with E-state index in [-0.39, 0.29) is 25.1 Å². The summed E-state index contributed by atoms with van der Waals surface area (Å²) in [6, 6.07) is 6.24. The number of carbonyl (C=O) groups is 1. The molecule has 0 aliphatic carbocycles. The monoisotopic (exact) mass is 341 g/mol. The Morgan fingerprint density at radius 2 is 2.17 bits per heavy atom. The van der Waals surface area contributed by atoms with E-state index in [4.69, 9.17) is 9.47 Å². The van der Waals surface area contributed by atoms with Crippen LogP contribution in [0.3, 0.4) is 0 Å². The fourth-order valence-corrected chi connectivity index (χ4v) is 2.95. The Kier molecular flexibility index (Phi) is 6.50. The van der Waals surface area contributed by atoms with Gasteiger partial charge in [-0.2, -0.15) is 0 Å². The van der Waals surface area contributed by atoms with Gasteiger partial charge in [-0.15, -0.1) is 12.4 Å². The number of amides is 1. The van der Waals surface area contributed by atoms with Gasteiger partial charge in [-0.3, -0.25) is 9.69 Å². The van der Waals surface area contributed by atoms with Crippen LogP contribution >= 0.6 is 12.4 Å². The number of halogens is 1. The summed E-state index contributed by atoms with van der Waals surface area (Å²) in [7, 11) is 1.98. The Morgan fingerprint density at radius 3 is 3.00 bits per heavy atom. The van der Waals surface area contributed by atoms with Crippen LogP contribution in [0.2, 0.25) is 0 Å². The first-order valence-electron chi connectivity index (χ1n) is 7.79. The summed E-state index contributed by atoms with van der Waals surface area (Å²) in [6.45, 7) is 3.18. The zero-order valence-corrected chi connectivity index (χ0v) is 14.2. The summed E-state index contributed by atoms with van der Waals surface area (Å²) in [5.74, 6) is 1.58. The lowest BCUT2D eigenvalue weighted by Gasteiger charge is -2.31. The number of nitrogens with zero attached hydrogens (tertiary/aromatic N) is 1. The molecular formula is C16H24ClN3O3. The van der Waals surface area contributed by atoms with Crippen molar-refractivity contribution in [3.63, 3.8) is 0 Å². The standard InChI is InChI=1S/C16H23N3O3.ClH/c1-17-13-3-2-6-19(9-13)10-16(20)18-8-12-4-5-14-15(7-12)22-11-21-14;/h4-5,7,13,17H,2-3,6,8-11H2,1H3,(H,18,20);1H. The topological polar surface area (TPSA) is 62.8 Å². The molecule has 1 amide bonds. The van der Waals surface area contributed by atoms with Gasteiger partial charge in [0.1, 0.15) is 0 Å². The summed E-state index contributed by atoms with van der Waals surface area (Å²) >= 11 is 0. The first-order chi connectivity index (χ1) is 10.7. The van der Waals surface area contributed by atoms with E-state index in [9.17, 15) is 4.79 Å². The molecular weight excluding hydrogens is 318 g/mol. The highest BCUT2D eigenvalue weighted by atomic mass is 35.5. The first-order valence-corrected chi connectivity index (χ1v) is 7.79. The van der Waals surface area contributed by atoms with Crippen molar-refractivity contribution < 1.29 is 14.3 Å². The van der Waals surface area contributed by atoms with Crippen molar-refractivity contribution in [3.05, 3.63) is 23.8 Å². The maximum Gasteiger partial charge on any atom is 0.234 e. The van der Waals surface area contributed by atoms with Crippen molar-refractivity contribution in [2.45, 2.75) is 25.4 Å². The van der Waals surface area contributed by atoms with Crippen LogP contribution in [0.15, 0.2) is 18.2 Å². The second-order valence-corrected chi connectivity index (χ2v) is 5.83. The lowest BCUT2D eigenvalue weighted by Crippen LogP contribution is -2.47. The number of fused-ring (bicyclic) bond motifs is 1. The molecule has 1 aromatic carbocycles. The number of rotatable bonds is 5. The summed E-state index contributed by atoms with van der Waals surface area (Å²) in [4.78, 5) is 14.3. The molecule has 2 N–H and O–H groups in total. The van der Waals surface area contributed by atoms with Crippen molar-refractivity contribution in [1.82, 2.24) is 15.5 Å². The van der Waals surface area contributed by atoms with Gasteiger partial charge in [-0.1, -0.05) is 6.07 Å². The lowest BCUT2D eigenvalue weighted by atomic mass is 10.1. The third-order valence-electron chi connectivity index (χ3n) is 4.21. The maximum absolute atomic E-state index is 12.1. The molecule has 0 bridgehead atoms. The molecule has 0 radical (unpaired) electrons. The van der Waals surface area contributed by atoms with Crippen LogP contribution in [0.4, 0.5) is 0 Å². The quantitative estimate of drug-likeness (QED) is 0.841. The number of carbonyl (C=O) groups excluding carboxylic acids is 1. The molecule has 0 spiro atoms. The molecule has 1 fully saturated rings. The Labute approximate surface area is 142 Å². The molecule has 1 unspecified atom stereocenters. The molecule has 0 aromatic heterocycles. The highest BCUT2D eigenvalue weighted by Crippen LogP contribution is 2.32. The lowest BCUT2D eigenvalue weighted by molar-refractivity contribution is -0.122. The smallest absolute Gasteiger partial charge is 0.234 e. The molecule has 2 aliphatic heterocycles. The number of ether oxygens (including phenoxy) is 2. The number of hydrogen-bond acceptors (Lipinski definition) is 5. The summed E-state index contributed by atoms with van der Waals surface area (Å²) in [6.07, 6.45) is 2.33. The van der Waals surface area contributed by atoms with Crippen molar-refractivity contribution >= 4 is 18.3 Å². The highest BCUT2D eigenvalue weighted by Gasteiger charge is 2.20. The first kappa shape index (κ1) is 17.8. The number of piperidine rings is 1. The number of likely N-dealkylation sites (N-methyl/N-ethyl adjacent to an activating group) is 1. The van der Waals surface area contributed by atoms with Gasteiger partial charge in [0.15, 0.2) is 11.5 Å². The zero-order chi connectivity index (χ0) is 15.4. The predicted octanol–water partition coefficient (Wildman–Crippen LogP) is 1.14. The Bertz CT molecular complexity index is 541. The van der Waals surface area contributed by atoms with Crippen molar-refractivity contribution in [3.8, 4) is 11.5 Å². The van der Waals surface area contributed by atoms with Gasteiger partial charge < -0.3 is 20.1 Å². The number of hydrogen-bond donors (Lipinski definition) is 2. The third-order valence-corrected chi connectivity index (χ3v) is 4.21. The fraction of sp³-hybridized carbons (Fsp3) is 0.562. The minimum atomic E-state index is 0. The SMILES string of the molecule is CNC1CCCN(CC(=O)NCc2ccc3c(c2)OCO3)C1.Cl. The van der Waals surface area contributed by atoms with E-state index >= 15 is 0 Å². The molecule has 7 heteroatoms. The van der Waals surface area contributed by atoms with Crippen LogP contribution in [0.5, 0.6) is 11.5 Å². The molecule has 1 saturated heterocycles. The van der Waals surface area contributed by atoms with E-state index in [1.54, 1.807) is 0 Å². The molecule has 6 nitrogen and oxygen atoms in total. The van der Waals surface area contributed by atoms with Crippen molar-refractivity contribution in [1.29, 1.82) is 0 Å². The van der Waals surface area contributed by atoms with Gasteiger partial charge in [0.25, 0.3) is 0 Å². The van der Waals surface area contributed by atoms with Crippen LogP contribution in [0, 0.1) is 0 Å².